The molecular formula is C24H24FN5O. The molecule has 0 fully saturated rings. The van der Waals surface area contributed by atoms with E-state index >= 15 is 0 Å². The van der Waals surface area contributed by atoms with Crippen LogP contribution in [0.1, 0.15) is 10.4 Å². The van der Waals surface area contributed by atoms with Gasteiger partial charge in [0.2, 0.25) is 0 Å². The number of aromatic nitrogens is 3. The molecular weight excluding hydrogens is 393 g/mol. The summed E-state index contributed by atoms with van der Waals surface area (Å²) in [6, 6.07) is 13.8. The molecule has 4 aromatic rings. The Morgan fingerprint density at radius 2 is 1.71 bits per heavy atom. The van der Waals surface area contributed by atoms with Crippen molar-refractivity contribution in [1.82, 2.24) is 24.2 Å². The van der Waals surface area contributed by atoms with E-state index in [1.54, 1.807) is 23.4 Å². The molecule has 0 aliphatic rings. The van der Waals surface area contributed by atoms with Gasteiger partial charge in [-0.2, -0.15) is 0 Å². The number of halogens is 1. The van der Waals surface area contributed by atoms with E-state index in [1.807, 2.05) is 67.0 Å². The first-order valence-electron chi connectivity index (χ1n) is 10.0. The molecule has 4 rings (SSSR count). The van der Waals surface area contributed by atoms with Gasteiger partial charge in [-0.1, -0.05) is 24.3 Å². The number of hydrogen-bond donors (Lipinski definition) is 0. The Kier molecular flexibility index (Phi) is 5.77. The number of likely N-dealkylation sites (N-methyl/N-ethyl adjacent to an activating group) is 2. The predicted molar refractivity (Wildman–Crippen MR) is 119 cm³/mol. The number of hydrogen-bond acceptors (Lipinski definition) is 4. The number of carbonyl (C=O) groups is 1. The van der Waals surface area contributed by atoms with Gasteiger partial charge in [0.15, 0.2) is 0 Å². The van der Waals surface area contributed by atoms with Gasteiger partial charge in [-0.25, -0.2) is 9.37 Å². The molecule has 0 bridgehead atoms. The molecule has 6 nitrogen and oxygen atoms in total. The van der Waals surface area contributed by atoms with Crippen molar-refractivity contribution in [3.63, 3.8) is 0 Å². The van der Waals surface area contributed by atoms with E-state index in [1.165, 1.54) is 12.1 Å². The maximum absolute atomic E-state index is 13.6. The first-order chi connectivity index (χ1) is 14.9. The summed E-state index contributed by atoms with van der Waals surface area (Å²) < 4.78 is 15.5. The third-order valence-corrected chi connectivity index (χ3v) is 5.15. The van der Waals surface area contributed by atoms with Crippen LogP contribution in [0, 0.1) is 5.82 Å². The molecule has 0 aliphatic heterocycles. The highest BCUT2D eigenvalue weighted by Gasteiger charge is 2.14. The summed E-state index contributed by atoms with van der Waals surface area (Å²) >= 11 is 0. The Balaban J connectivity index is 1.61. The fourth-order valence-electron chi connectivity index (χ4n) is 3.34. The van der Waals surface area contributed by atoms with Crippen molar-refractivity contribution in [2.24, 2.45) is 0 Å². The van der Waals surface area contributed by atoms with E-state index in [0.29, 0.717) is 23.4 Å². The maximum Gasteiger partial charge on any atom is 0.253 e. The lowest BCUT2D eigenvalue weighted by Crippen LogP contribution is -2.33. The standard InChI is InChI=1S/C24H24FN5O/c1-28(2)11-12-29(3)24(31)18-9-7-17(8-10-18)23-27-15-21-14-26-22(16-30(21)23)19-5-4-6-20(25)13-19/h4-10,13-16H,11-12H2,1-3H3. The van der Waals surface area contributed by atoms with Crippen molar-refractivity contribution in [3.05, 3.63) is 78.5 Å². The van der Waals surface area contributed by atoms with E-state index in [0.717, 1.165) is 23.4 Å². The Morgan fingerprint density at radius 3 is 2.42 bits per heavy atom. The molecule has 158 valence electrons. The summed E-state index contributed by atoms with van der Waals surface area (Å²) in [6.45, 7) is 1.47. The normalized spacial score (nSPS) is 11.3. The quantitative estimate of drug-likeness (QED) is 0.478. The summed E-state index contributed by atoms with van der Waals surface area (Å²) in [5.74, 6) is 0.412. The lowest BCUT2D eigenvalue weighted by atomic mass is 10.1. The number of imidazole rings is 1. The van der Waals surface area contributed by atoms with Crippen LogP contribution in [-0.2, 0) is 0 Å². The second kappa shape index (κ2) is 8.65. The highest BCUT2D eigenvalue weighted by molar-refractivity contribution is 5.94. The molecule has 2 heterocycles. The minimum atomic E-state index is -0.305. The van der Waals surface area contributed by atoms with Crippen LogP contribution < -0.4 is 0 Å². The van der Waals surface area contributed by atoms with Crippen molar-refractivity contribution in [2.75, 3.05) is 34.2 Å². The topological polar surface area (TPSA) is 53.7 Å². The Morgan fingerprint density at radius 1 is 0.968 bits per heavy atom. The van der Waals surface area contributed by atoms with E-state index in [9.17, 15) is 9.18 Å². The largest absolute Gasteiger partial charge is 0.340 e. The fourth-order valence-corrected chi connectivity index (χ4v) is 3.34. The van der Waals surface area contributed by atoms with Gasteiger partial charge in [-0.05, 0) is 38.4 Å². The van der Waals surface area contributed by atoms with Crippen molar-refractivity contribution < 1.29 is 9.18 Å². The fraction of sp³-hybridized carbons (Fsp3) is 0.208. The maximum atomic E-state index is 13.6. The number of benzene rings is 2. The van der Waals surface area contributed by atoms with Gasteiger partial charge < -0.3 is 9.80 Å². The molecule has 0 atom stereocenters. The van der Waals surface area contributed by atoms with Crippen LogP contribution >= 0.6 is 0 Å². The van der Waals surface area contributed by atoms with Crippen LogP contribution in [0.2, 0.25) is 0 Å². The summed E-state index contributed by atoms with van der Waals surface area (Å²) in [7, 11) is 5.77. The smallest absolute Gasteiger partial charge is 0.253 e. The highest BCUT2D eigenvalue weighted by atomic mass is 19.1. The van der Waals surface area contributed by atoms with E-state index in [-0.39, 0.29) is 11.7 Å². The van der Waals surface area contributed by atoms with Gasteiger partial charge in [-0.15, -0.1) is 0 Å². The zero-order valence-corrected chi connectivity index (χ0v) is 17.8. The molecule has 0 unspecified atom stereocenters. The zero-order valence-electron chi connectivity index (χ0n) is 17.8. The first-order valence-corrected chi connectivity index (χ1v) is 10.0. The van der Waals surface area contributed by atoms with Crippen LogP contribution in [0.3, 0.4) is 0 Å². The number of nitrogens with zero attached hydrogens (tertiary/aromatic N) is 5. The summed E-state index contributed by atoms with van der Waals surface area (Å²) in [5.41, 5.74) is 3.69. The van der Waals surface area contributed by atoms with Gasteiger partial charge in [0.1, 0.15) is 11.6 Å². The van der Waals surface area contributed by atoms with Crippen molar-refractivity contribution in [3.8, 4) is 22.6 Å². The van der Waals surface area contributed by atoms with Gasteiger partial charge >= 0.3 is 0 Å². The van der Waals surface area contributed by atoms with Crippen molar-refractivity contribution in [2.45, 2.75) is 0 Å². The molecule has 0 saturated carbocycles. The molecule has 31 heavy (non-hydrogen) atoms. The number of rotatable bonds is 6. The van der Waals surface area contributed by atoms with Gasteiger partial charge in [0, 0.05) is 43.0 Å². The van der Waals surface area contributed by atoms with Crippen LogP contribution in [-0.4, -0.2) is 64.3 Å². The lowest BCUT2D eigenvalue weighted by Gasteiger charge is -2.19. The molecule has 0 saturated heterocycles. The van der Waals surface area contributed by atoms with E-state index in [2.05, 4.69) is 9.97 Å². The average molecular weight is 417 g/mol. The van der Waals surface area contributed by atoms with Crippen LogP contribution in [0.5, 0.6) is 0 Å². The van der Waals surface area contributed by atoms with Crippen LogP contribution in [0.4, 0.5) is 4.39 Å². The summed E-state index contributed by atoms with van der Waals surface area (Å²) in [6.07, 6.45) is 5.31. The predicted octanol–water partition coefficient (Wildman–Crippen LogP) is 3.84. The Labute approximate surface area is 180 Å². The lowest BCUT2D eigenvalue weighted by molar-refractivity contribution is 0.0786. The average Bonchev–Trinajstić information content (AvgIpc) is 3.20. The number of amides is 1. The van der Waals surface area contributed by atoms with Gasteiger partial charge in [0.05, 0.1) is 23.6 Å². The van der Waals surface area contributed by atoms with Gasteiger partial charge in [-0.3, -0.25) is 14.2 Å². The number of fused-ring (bicyclic) bond motifs is 1. The summed E-state index contributed by atoms with van der Waals surface area (Å²) in [5, 5.41) is 0. The van der Waals surface area contributed by atoms with Crippen molar-refractivity contribution >= 4 is 11.4 Å². The second-order valence-corrected chi connectivity index (χ2v) is 7.77. The monoisotopic (exact) mass is 417 g/mol. The Bertz CT molecular complexity index is 1220. The molecule has 0 spiro atoms. The molecule has 2 aromatic carbocycles. The van der Waals surface area contributed by atoms with E-state index in [4.69, 9.17) is 0 Å². The molecule has 1 amide bonds. The molecule has 0 aliphatic carbocycles. The van der Waals surface area contributed by atoms with Crippen LogP contribution in [0.25, 0.3) is 28.2 Å². The van der Waals surface area contributed by atoms with Gasteiger partial charge in [0.25, 0.3) is 5.91 Å². The molecule has 7 heteroatoms. The van der Waals surface area contributed by atoms with Crippen molar-refractivity contribution in [1.29, 1.82) is 0 Å². The zero-order chi connectivity index (χ0) is 22.0. The van der Waals surface area contributed by atoms with E-state index < -0.39 is 0 Å². The Hall–Kier alpha value is -3.58. The molecule has 0 N–H and O–H groups in total. The number of carbonyl (C=O) groups excluding carboxylic acids is 1. The highest BCUT2D eigenvalue weighted by Crippen LogP contribution is 2.24. The van der Waals surface area contributed by atoms with Crippen LogP contribution in [0.15, 0.2) is 67.1 Å². The molecule has 2 aromatic heterocycles. The SMILES string of the molecule is CN(C)CCN(C)C(=O)c1ccc(-c2ncc3cnc(-c4cccc(F)c4)cn23)cc1. The summed E-state index contributed by atoms with van der Waals surface area (Å²) in [4.78, 5) is 25.4. The molecule has 0 radical (unpaired) electrons. The minimum Gasteiger partial charge on any atom is -0.340 e. The minimum absolute atomic E-state index is 0.0148. The second-order valence-electron chi connectivity index (χ2n) is 7.77. The first kappa shape index (κ1) is 20.7. The third kappa shape index (κ3) is 4.46. The third-order valence-electron chi connectivity index (χ3n) is 5.15.